The maximum absolute atomic E-state index is 13.2. The molecule has 0 unspecified atom stereocenters. The van der Waals surface area contributed by atoms with Crippen LogP contribution in [-0.4, -0.2) is 79.4 Å². The van der Waals surface area contributed by atoms with Crippen molar-refractivity contribution in [2.24, 2.45) is 0 Å². The highest BCUT2D eigenvalue weighted by atomic mass is 35.5. The number of aromatic nitrogens is 1. The second-order valence-corrected chi connectivity index (χ2v) is 8.07. The summed E-state index contributed by atoms with van der Waals surface area (Å²) in [6.07, 6.45) is 0.308. The van der Waals surface area contributed by atoms with Crippen LogP contribution in [0.25, 0.3) is 10.2 Å². The molecule has 0 spiro atoms. The van der Waals surface area contributed by atoms with Crippen LogP contribution in [0.15, 0.2) is 12.1 Å². The van der Waals surface area contributed by atoms with Crippen molar-refractivity contribution in [1.82, 2.24) is 14.8 Å². The third-order valence-corrected chi connectivity index (χ3v) is 6.51. The summed E-state index contributed by atoms with van der Waals surface area (Å²) in [4.78, 5) is 46.7. The summed E-state index contributed by atoms with van der Waals surface area (Å²) in [5, 5.41) is 0.481. The van der Waals surface area contributed by atoms with Crippen LogP contribution in [0.3, 0.4) is 0 Å². The van der Waals surface area contributed by atoms with E-state index in [-0.39, 0.29) is 49.5 Å². The largest absolute Gasteiger partial charge is 0.495 e. The summed E-state index contributed by atoms with van der Waals surface area (Å²) in [6, 6.07) is 3.57. The highest BCUT2D eigenvalue weighted by Crippen LogP contribution is 2.40. The molecule has 3 amide bonds. The van der Waals surface area contributed by atoms with Gasteiger partial charge in [-0.2, -0.15) is 0 Å². The Kier molecular flexibility index (Phi) is 9.23. The van der Waals surface area contributed by atoms with Gasteiger partial charge < -0.3 is 14.4 Å². The zero-order valence-electron chi connectivity index (χ0n) is 18.8. The van der Waals surface area contributed by atoms with Crippen molar-refractivity contribution in [3.8, 4) is 11.5 Å². The number of nitrogens with zero attached hydrogens (tertiary/aromatic N) is 4. The van der Waals surface area contributed by atoms with Gasteiger partial charge in [-0.3, -0.25) is 24.2 Å². The first kappa shape index (κ1) is 25.8. The average molecular weight is 485 g/mol. The topological polar surface area (TPSA) is 92.3 Å². The minimum Gasteiger partial charge on any atom is -0.495 e. The van der Waals surface area contributed by atoms with E-state index in [0.717, 1.165) is 22.7 Å². The molecule has 2 heterocycles. The second-order valence-electron chi connectivity index (χ2n) is 7.09. The van der Waals surface area contributed by atoms with Crippen molar-refractivity contribution in [2.45, 2.75) is 26.7 Å². The first-order valence-corrected chi connectivity index (χ1v) is 11.1. The van der Waals surface area contributed by atoms with Crippen molar-refractivity contribution in [2.75, 3.05) is 51.8 Å². The lowest BCUT2D eigenvalue weighted by molar-refractivity contribution is -0.141. The molecular weight excluding hydrogens is 456 g/mol. The number of amides is 3. The number of rotatable bonds is 10. The molecule has 1 fully saturated rings. The molecule has 176 valence electrons. The minimum atomic E-state index is -0.340. The first-order valence-electron chi connectivity index (χ1n) is 10.3. The first-order chi connectivity index (χ1) is 14.9. The number of anilines is 1. The summed E-state index contributed by atoms with van der Waals surface area (Å²) in [7, 11) is 3.14. The van der Waals surface area contributed by atoms with Gasteiger partial charge in [-0.1, -0.05) is 25.2 Å². The van der Waals surface area contributed by atoms with E-state index in [9.17, 15) is 14.4 Å². The number of benzene rings is 1. The molecule has 0 aliphatic carbocycles. The number of carbonyl (C=O) groups excluding carboxylic acids is 3. The van der Waals surface area contributed by atoms with E-state index in [4.69, 9.17) is 9.47 Å². The van der Waals surface area contributed by atoms with Crippen molar-refractivity contribution >= 4 is 56.8 Å². The van der Waals surface area contributed by atoms with Crippen LogP contribution in [0.4, 0.5) is 5.13 Å². The SMILES string of the molecule is CCN(CC)CCN(C(=O)CN1C(=O)CCC1=O)c1nc2c(OC)ccc(OC)c2s1.Cl. The molecule has 1 aliphatic heterocycles. The Hall–Kier alpha value is -2.43. The molecule has 1 aromatic heterocycles. The maximum atomic E-state index is 13.2. The number of likely N-dealkylation sites (N-methyl/N-ethyl adjacent to an activating group) is 1. The summed E-state index contributed by atoms with van der Waals surface area (Å²) in [5.41, 5.74) is 0.607. The number of hydrogen-bond acceptors (Lipinski definition) is 8. The van der Waals surface area contributed by atoms with Crippen LogP contribution in [0.5, 0.6) is 11.5 Å². The highest BCUT2D eigenvalue weighted by molar-refractivity contribution is 7.22. The Labute approximate surface area is 197 Å². The summed E-state index contributed by atoms with van der Waals surface area (Å²) in [5.74, 6) is 0.261. The van der Waals surface area contributed by atoms with E-state index in [1.54, 1.807) is 31.3 Å². The number of methoxy groups -OCH3 is 2. The van der Waals surface area contributed by atoms with E-state index < -0.39 is 0 Å². The molecule has 3 rings (SSSR count). The lowest BCUT2D eigenvalue weighted by Crippen LogP contribution is -2.45. The summed E-state index contributed by atoms with van der Waals surface area (Å²) in [6.45, 7) is 6.58. The molecule has 9 nitrogen and oxygen atoms in total. The van der Waals surface area contributed by atoms with Gasteiger partial charge in [0, 0.05) is 25.9 Å². The van der Waals surface area contributed by atoms with Crippen LogP contribution in [0.2, 0.25) is 0 Å². The van der Waals surface area contributed by atoms with Crippen molar-refractivity contribution < 1.29 is 23.9 Å². The third-order valence-electron chi connectivity index (χ3n) is 5.41. The molecule has 0 radical (unpaired) electrons. The van der Waals surface area contributed by atoms with Gasteiger partial charge in [-0.05, 0) is 25.2 Å². The Bertz CT molecular complexity index is 921. The normalized spacial score (nSPS) is 13.6. The number of carbonyl (C=O) groups is 3. The van der Waals surface area contributed by atoms with Gasteiger partial charge in [0.15, 0.2) is 5.13 Å². The van der Waals surface area contributed by atoms with Gasteiger partial charge >= 0.3 is 0 Å². The fourth-order valence-electron chi connectivity index (χ4n) is 3.52. The van der Waals surface area contributed by atoms with Gasteiger partial charge in [0.25, 0.3) is 0 Å². The predicted octanol–water partition coefficient (Wildman–Crippen LogP) is 2.56. The quantitative estimate of drug-likeness (QED) is 0.478. The lowest BCUT2D eigenvalue weighted by atomic mass is 10.3. The molecule has 0 atom stereocenters. The van der Waals surface area contributed by atoms with Crippen LogP contribution >= 0.6 is 23.7 Å². The monoisotopic (exact) mass is 484 g/mol. The Morgan fingerprint density at radius 1 is 1.06 bits per heavy atom. The summed E-state index contributed by atoms with van der Waals surface area (Å²) < 4.78 is 11.7. The van der Waals surface area contributed by atoms with E-state index in [1.807, 2.05) is 0 Å². The van der Waals surface area contributed by atoms with Crippen LogP contribution in [0.1, 0.15) is 26.7 Å². The van der Waals surface area contributed by atoms with Crippen molar-refractivity contribution in [3.63, 3.8) is 0 Å². The second kappa shape index (κ2) is 11.4. The fraction of sp³-hybridized carbons (Fsp3) is 0.524. The minimum absolute atomic E-state index is 0. The molecule has 1 saturated heterocycles. The average Bonchev–Trinajstić information content (AvgIpc) is 3.35. The van der Waals surface area contributed by atoms with Gasteiger partial charge in [0.2, 0.25) is 17.7 Å². The number of halogens is 1. The van der Waals surface area contributed by atoms with Crippen molar-refractivity contribution in [3.05, 3.63) is 12.1 Å². The fourth-order valence-corrected chi connectivity index (χ4v) is 4.64. The van der Waals surface area contributed by atoms with Crippen LogP contribution in [0, 0.1) is 0 Å². The number of fused-ring (bicyclic) bond motifs is 1. The molecular formula is C21H29ClN4O5S. The zero-order chi connectivity index (χ0) is 22.5. The Morgan fingerprint density at radius 2 is 1.66 bits per heavy atom. The smallest absolute Gasteiger partial charge is 0.248 e. The van der Waals surface area contributed by atoms with Crippen molar-refractivity contribution in [1.29, 1.82) is 0 Å². The summed E-state index contributed by atoms with van der Waals surface area (Å²) >= 11 is 1.32. The lowest BCUT2D eigenvalue weighted by Gasteiger charge is -2.26. The molecule has 1 aliphatic rings. The van der Waals surface area contributed by atoms with Gasteiger partial charge in [0.05, 0.1) is 14.2 Å². The molecule has 1 aromatic carbocycles. The maximum Gasteiger partial charge on any atom is 0.248 e. The molecule has 32 heavy (non-hydrogen) atoms. The zero-order valence-corrected chi connectivity index (χ0v) is 20.4. The Balaban J connectivity index is 0.00000363. The van der Waals surface area contributed by atoms with Crippen LogP contribution < -0.4 is 14.4 Å². The number of thiazole rings is 1. The number of imide groups is 1. The molecule has 0 bridgehead atoms. The third kappa shape index (κ3) is 5.31. The van der Waals surface area contributed by atoms with E-state index in [1.165, 1.54) is 11.3 Å². The molecule has 0 saturated carbocycles. The number of hydrogen-bond donors (Lipinski definition) is 0. The highest BCUT2D eigenvalue weighted by Gasteiger charge is 2.33. The standard InChI is InChI=1S/C21H28N4O5S.ClH/c1-5-23(6-2)11-12-24(18(28)13-25-16(26)9-10-17(25)27)21-22-19-14(29-3)7-8-15(30-4)20(19)31-21;/h7-8H,5-6,9-13H2,1-4H3;1H. The van der Waals surface area contributed by atoms with E-state index >= 15 is 0 Å². The number of ether oxygens (including phenoxy) is 2. The van der Waals surface area contributed by atoms with E-state index in [0.29, 0.717) is 35.2 Å². The van der Waals surface area contributed by atoms with Crippen LogP contribution in [-0.2, 0) is 14.4 Å². The predicted molar refractivity (Wildman–Crippen MR) is 126 cm³/mol. The molecule has 2 aromatic rings. The van der Waals surface area contributed by atoms with E-state index in [2.05, 4.69) is 23.7 Å². The molecule has 0 N–H and O–H groups in total. The van der Waals surface area contributed by atoms with Gasteiger partial charge in [-0.25, -0.2) is 4.98 Å². The Morgan fingerprint density at radius 3 is 2.22 bits per heavy atom. The van der Waals surface area contributed by atoms with Gasteiger partial charge in [-0.15, -0.1) is 12.4 Å². The van der Waals surface area contributed by atoms with Gasteiger partial charge in [0.1, 0.15) is 28.3 Å². The number of likely N-dealkylation sites (tertiary alicyclic amines) is 1. The molecule has 11 heteroatoms.